The molecule has 1 saturated carbocycles. The fraction of sp³-hybridized carbons (Fsp3) is 0.607. The summed E-state index contributed by atoms with van der Waals surface area (Å²) in [4.78, 5) is 38.5. The quantitative estimate of drug-likeness (QED) is 0.472. The molecule has 1 amide bonds. The first-order valence-electron chi connectivity index (χ1n) is 14.5. The number of aliphatic hydroxyl groups excluding tert-OH is 1. The van der Waals surface area contributed by atoms with Gasteiger partial charge in [-0.3, -0.25) is 4.79 Å². The van der Waals surface area contributed by atoms with E-state index >= 15 is 0 Å². The second kappa shape index (κ2) is 11.4. The summed E-state index contributed by atoms with van der Waals surface area (Å²) < 4.78 is 2.20. The molecule has 39 heavy (non-hydrogen) atoms. The van der Waals surface area contributed by atoms with Gasteiger partial charge in [0, 0.05) is 38.8 Å². The smallest absolute Gasteiger partial charge is 0.272 e. The van der Waals surface area contributed by atoms with Crippen molar-refractivity contribution in [2.75, 3.05) is 56.1 Å². The molecular formula is C28H39N9O2. The first-order chi connectivity index (χ1) is 19.1. The number of likely N-dealkylation sites (N-methyl/N-ethyl adjacent to an activating group) is 1. The standard InChI is InChI=1S/C28H39N9O2/c1-2-34-13-15-35(16-14-34)27(39)23-11-10-20(17-29-23)31-25-24-26(37(19-30-24)21-7-3-4-8-21)33-28(32-25)36-12-6-5-9-22(36)18-38/h10-11,17,19,21-22,38H,2-9,12-16,18H2,1H3,(H,31,32,33). The molecule has 2 aliphatic heterocycles. The van der Waals surface area contributed by atoms with Crippen molar-refractivity contribution in [3.8, 4) is 0 Å². The summed E-state index contributed by atoms with van der Waals surface area (Å²) in [5, 5.41) is 13.5. The summed E-state index contributed by atoms with van der Waals surface area (Å²) in [6, 6.07) is 4.06. The number of carbonyl (C=O) groups excluding carboxylic acids is 1. The normalized spacial score (nSPS) is 21.1. The molecule has 2 N–H and O–H groups in total. The van der Waals surface area contributed by atoms with Crippen LogP contribution >= 0.6 is 0 Å². The van der Waals surface area contributed by atoms with Crippen molar-refractivity contribution >= 4 is 34.5 Å². The number of aromatic nitrogens is 5. The van der Waals surface area contributed by atoms with E-state index in [4.69, 9.17) is 15.0 Å². The number of hydrogen-bond donors (Lipinski definition) is 2. The number of hydrogen-bond acceptors (Lipinski definition) is 9. The fourth-order valence-corrected chi connectivity index (χ4v) is 6.18. The summed E-state index contributed by atoms with van der Waals surface area (Å²) in [6.07, 6.45) is 11.4. The first kappa shape index (κ1) is 25.9. The molecule has 2 saturated heterocycles. The molecule has 3 fully saturated rings. The Morgan fingerprint density at radius 3 is 2.51 bits per heavy atom. The number of nitrogens with one attached hydrogen (secondary N) is 1. The van der Waals surface area contributed by atoms with Gasteiger partial charge in [0.05, 0.1) is 30.9 Å². The van der Waals surface area contributed by atoms with Crippen molar-refractivity contribution in [1.29, 1.82) is 0 Å². The van der Waals surface area contributed by atoms with Gasteiger partial charge in [-0.15, -0.1) is 0 Å². The fourth-order valence-electron chi connectivity index (χ4n) is 6.18. The number of fused-ring (bicyclic) bond motifs is 1. The molecule has 11 nitrogen and oxygen atoms in total. The number of aliphatic hydroxyl groups is 1. The molecule has 3 aromatic rings. The molecular weight excluding hydrogens is 494 g/mol. The molecule has 11 heteroatoms. The highest BCUT2D eigenvalue weighted by Crippen LogP contribution is 2.34. The number of nitrogens with zero attached hydrogens (tertiary/aromatic N) is 8. The zero-order valence-electron chi connectivity index (χ0n) is 22.8. The van der Waals surface area contributed by atoms with Gasteiger partial charge in [-0.25, -0.2) is 9.97 Å². The van der Waals surface area contributed by atoms with Gasteiger partial charge in [-0.2, -0.15) is 9.97 Å². The molecule has 0 spiro atoms. The SMILES string of the molecule is CCN1CCN(C(=O)c2ccc(Nc3nc(N4CCCCC4CO)nc4c3ncn4C3CCCC3)cn2)CC1. The summed E-state index contributed by atoms with van der Waals surface area (Å²) in [5.41, 5.74) is 2.73. The summed E-state index contributed by atoms with van der Waals surface area (Å²) in [5.74, 6) is 1.21. The van der Waals surface area contributed by atoms with Gasteiger partial charge in [-0.05, 0) is 50.8 Å². The Morgan fingerprint density at radius 2 is 1.79 bits per heavy atom. The average Bonchev–Trinajstić information content (AvgIpc) is 3.67. The van der Waals surface area contributed by atoms with Crippen LogP contribution in [0.4, 0.5) is 17.5 Å². The highest BCUT2D eigenvalue weighted by atomic mass is 16.3. The predicted octanol–water partition coefficient (Wildman–Crippen LogP) is 3.21. The Hall–Kier alpha value is -3.31. The van der Waals surface area contributed by atoms with E-state index in [1.54, 1.807) is 12.3 Å². The Kier molecular flexibility index (Phi) is 7.60. The summed E-state index contributed by atoms with van der Waals surface area (Å²) >= 11 is 0. The van der Waals surface area contributed by atoms with Crippen LogP contribution in [0.15, 0.2) is 24.7 Å². The lowest BCUT2D eigenvalue weighted by Gasteiger charge is -2.34. The van der Waals surface area contributed by atoms with Crippen LogP contribution in [0.5, 0.6) is 0 Å². The van der Waals surface area contributed by atoms with E-state index in [2.05, 4.69) is 31.6 Å². The maximum atomic E-state index is 13.0. The Labute approximate surface area is 229 Å². The van der Waals surface area contributed by atoms with E-state index in [9.17, 15) is 9.90 Å². The maximum Gasteiger partial charge on any atom is 0.272 e. The van der Waals surface area contributed by atoms with Crippen LogP contribution in [0, 0.1) is 0 Å². The number of imidazole rings is 1. The number of pyridine rings is 1. The van der Waals surface area contributed by atoms with Crippen LogP contribution in [0.25, 0.3) is 11.2 Å². The Bertz CT molecular complexity index is 1280. The minimum atomic E-state index is -0.0283. The lowest BCUT2D eigenvalue weighted by atomic mass is 10.0. The van der Waals surface area contributed by atoms with Crippen LogP contribution in [-0.2, 0) is 0 Å². The summed E-state index contributed by atoms with van der Waals surface area (Å²) in [6.45, 7) is 7.31. The van der Waals surface area contributed by atoms with Gasteiger partial charge in [-0.1, -0.05) is 19.8 Å². The van der Waals surface area contributed by atoms with E-state index < -0.39 is 0 Å². The topological polar surface area (TPSA) is 116 Å². The molecule has 6 rings (SSSR count). The highest BCUT2D eigenvalue weighted by Gasteiger charge is 2.28. The first-order valence-corrected chi connectivity index (χ1v) is 14.5. The van der Waals surface area contributed by atoms with Gasteiger partial charge in [0.1, 0.15) is 5.69 Å². The second-order valence-electron chi connectivity index (χ2n) is 10.9. The van der Waals surface area contributed by atoms with Crippen LogP contribution in [0.3, 0.4) is 0 Å². The molecule has 0 radical (unpaired) electrons. The molecule has 0 aromatic carbocycles. The number of piperazine rings is 1. The third-order valence-electron chi connectivity index (χ3n) is 8.57. The third kappa shape index (κ3) is 5.29. The number of rotatable bonds is 7. The highest BCUT2D eigenvalue weighted by molar-refractivity contribution is 5.93. The molecule has 3 aromatic heterocycles. The molecule has 1 unspecified atom stereocenters. The average molecular weight is 534 g/mol. The van der Waals surface area contributed by atoms with Crippen molar-refractivity contribution in [2.24, 2.45) is 0 Å². The molecule has 0 bridgehead atoms. The largest absolute Gasteiger partial charge is 0.394 e. The van der Waals surface area contributed by atoms with Crippen molar-refractivity contribution in [3.05, 3.63) is 30.4 Å². The zero-order valence-corrected chi connectivity index (χ0v) is 22.8. The monoisotopic (exact) mass is 533 g/mol. The predicted molar refractivity (Wildman–Crippen MR) is 150 cm³/mol. The Morgan fingerprint density at radius 1 is 1.00 bits per heavy atom. The van der Waals surface area contributed by atoms with Crippen LogP contribution < -0.4 is 10.2 Å². The lowest BCUT2D eigenvalue weighted by molar-refractivity contribution is 0.0637. The molecule has 5 heterocycles. The second-order valence-corrected chi connectivity index (χ2v) is 10.9. The van der Waals surface area contributed by atoms with E-state index in [1.807, 2.05) is 17.3 Å². The summed E-state index contributed by atoms with van der Waals surface area (Å²) in [7, 11) is 0. The number of anilines is 3. The van der Waals surface area contributed by atoms with Gasteiger partial charge >= 0.3 is 0 Å². The van der Waals surface area contributed by atoms with E-state index in [1.165, 1.54) is 12.8 Å². The van der Waals surface area contributed by atoms with Gasteiger partial charge in [0.25, 0.3) is 5.91 Å². The van der Waals surface area contributed by atoms with E-state index in [0.717, 1.165) is 88.2 Å². The lowest BCUT2D eigenvalue weighted by Crippen LogP contribution is -2.48. The molecule has 3 aliphatic rings. The van der Waals surface area contributed by atoms with Crippen molar-refractivity contribution in [1.82, 2.24) is 34.3 Å². The van der Waals surface area contributed by atoms with Crippen LogP contribution in [0.1, 0.15) is 68.4 Å². The van der Waals surface area contributed by atoms with Gasteiger partial charge < -0.3 is 29.7 Å². The van der Waals surface area contributed by atoms with Gasteiger partial charge in [0.15, 0.2) is 17.0 Å². The molecule has 1 atom stereocenters. The molecule has 1 aliphatic carbocycles. The number of amides is 1. The zero-order chi connectivity index (χ0) is 26.8. The van der Waals surface area contributed by atoms with E-state index in [0.29, 0.717) is 23.5 Å². The van der Waals surface area contributed by atoms with Crippen molar-refractivity contribution in [3.63, 3.8) is 0 Å². The van der Waals surface area contributed by atoms with Gasteiger partial charge in [0.2, 0.25) is 5.95 Å². The maximum absolute atomic E-state index is 13.0. The van der Waals surface area contributed by atoms with Crippen molar-refractivity contribution in [2.45, 2.75) is 64.0 Å². The molecule has 208 valence electrons. The van der Waals surface area contributed by atoms with Crippen molar-refractivity contribution < 1.29 is 9.90 Å². The Balaban J connectivity index is 1.28. The minimum Gasteiger partial charge on any atom is -0.394 e. The van der Waals surface area contributed by atoms with Crippen LogP contribution in [0.2, 0.25) is 0 Å². The number of carbonyl (C=O) groups is 1. The van der Waals surface area contributed by atoms with Crippen LogP contribution in [-0.4, -0.2) is 97.2 Å². The van der Waals surface area contributed by atoms with E-state index in [-0.39, 0.29) is 18.6 Å². The minimum absolute atomic E-state index is 0.0121. The third-order valence-corrected chi connectivity index (χ3v) is 8.57. The number of piperidine rings is 1.